The molecule has 1 heterocycles. The van der Waals surface area contributed by atoms with Gasteiger partial charge in [0.15, 0.2) is 0 Å². The molecule has 0 amide bonds. The third-order valence-electron chi connectivity index (χ3n) is 3.66. The maximum absolute atomic E-state index is 2.61. The Hall–Kier alpha value is -0.0800. The minimum absolute atomic E-state index is 0.531. The van der Waals surface area contributed by atoms with E-state index >= 15 is 0 Å². The molecule has 1 aliphatic heterocycles. The molecule has 0 N–H and O–H groups in total. The minimum atomic E-state index is 0.531. The van der Waals surface area contributed by atoms with Crippen molar-refractivity contribution in [3.05, 3.63) is 0 Å². The lowest BCUT2D eigenvalue weighted by Crippen LogP contribution is -2.45. The molecule has 0 saturated carbocycles. The summed E-state index contributed by atoms with van der Waals surface area (Å²) in [6.45, 7) is 17.3. The monoisotopic (exact) mass is 228 g/mol. The molecule has 2 nitrogen and oxygen atoms in total. The summed E-state index contributed by atoms with van der Waals surface area (Å²) in [5, 5.41) is 0. The highest BCUT2D eigenvalue weighted by molar-refractivity contribution is 4.73. The van der Waals surface area contributed by atoms with Crippen molar-refractivity contribution in [1.82, 2.24) is 9.80 Å². The summed E-state index contributed by atoms with van der Waals surface area (Å²) in [7, 11) is 2.22. The van der Waals surface area contributed by atoms with E-state index in [1.807, 2.05) is 13.8 Å². The summed E-state index contributed by atoms with van der Waals surface area (Å²) in [4.78, 5) is 5.03. The zero-order valence-corrected chi connectivity index (χ0v) is 12.3. The quantitative estimate of drug-likeness (QED) is 0.729. The van der Waals surface area contributed by atoms with Gasteiger partial charge in [0, 0.05) is 26.2 Å². The van der Waals surface area contributed by atoms with Crippen molar-refractivity contribution in [3.8, 4) is 0 Å². The molecule has 0 aliphatic carbocycles. The van der Waals surface area contributed by atoms with Gasteiger partial charge in [-0.3, -0.25) is 0 Å². The molecule has 0 aromatic rings. The number of hydrogen-bond acceptors (Lipinski definition) is 2. The summed E-state index contributed by atoms with van der Waals surface area (Å²) >= 11 is 0. The van der Waals surface area contributed by atoms with Crippen LogP contribution in [0.5, 0.6) is 0 Å². The molecule has 16 heavy (non-hydrogen) atoms. The number of likely N-dealkylation sites (N-methyl/N-ethyl adjacent to an activating group) is 1. The second kappa shape index (κ2) is 8.08. The van der Waals surface area contributed by atoms with Crippen molar-refractivity contribution in [2.24, 2.45) is 5.41 Å². The van der Waals surface area contributed by atoms with Crippen LogP contribution in [0.3, 0.4) is 0 Å². The zero-order chi connectivity index (χ0) is 12.6. The number of nitrogens with zero attached hydrogens (tertiary/aromatic N) is 2. The third kappa shape index (κ3) is 6.49. The molecule has 0 bridgehead atoms. The van der Waals surface area contributed by atoms with E-state index in [1.54, 1.807) is 0 Å². The van der Waals surface area contributed by atoms with Gasteiger partial charge >= 0.3 is 0 Å². The lowest BCUT2D eigenvalue weighted by Gasteiger charge is -2.34. The van der Waals surface area contributed by atoms with Gasteiger partial charge in [-0.25, -0.2) is 0 Å². The van der Waals surface area contributed by atoms with Crippen LogP contribution in [0.2, 0.25) is 0 Å². The molecule has 1 rings (SSSR count). The summed E-state index contributed by atoms with van der Waals surface area (Å²) in [6.07, 6.45) is 2.63. The van der Waals surface area contributed by atoms with Crippen LogP contribution in [0.1, 0.15) is 47.5 Å². The van der Waals surface area contributed by atoms with Crippen molar-refractivity contribution in [3.63, 3.8) is 0 Å². The molecular weight excluding hydrogens is 196 g/mol. The van der Waals surface area contributed by atoms with Crippen molar-refractivity contribution in [2.75, 3.05) is 39.8 Å². The number of hydrogen-bond donors (Lipinski definition) is 0. The Balaban J connectivity index is 0.00000106. The Morgan fingerprint density at radius 1 is 1.00 bits per heavy atom. The van der Waals surface area contributed by atoms with E-state index in [-0.39, 0.29) is 0 Å². The highest BCUT2D eigenvalue weighted by Crippen LogP contribution is 2.24. The topological polar surface area (TPSA) is 6.48 Å². The number of rotatable bonds is 4. The minimum Gasteiger partial charge on any atom is -0.304 e. The first kappa shape index (κ1) is 15.9. The maximum Gasteiger partial charge on any atom is 0.0110 e. The highest BCUT2D eigenvalue weighted by Gasteiger charge is 2.18. The second-order valence-electron chi connectivity index (χ2n) is 5.41. The smallest absolute Gasteiger partial charge is 0.0110 e. The van der Waals surface area contributed by atoms with E-state index in [9.17, 15) is 0 Å². The van der Waals surface area contributed by atoms with Crippen LogP contribution < -0.4 is 0 Å². The Morgan fingerprint density at radius 3 is 1.94 bits per heavy atom. The Kier molecular flexibility index (Phi) is 8.04. The van der Waals surface area contributed by atoms with Crippen LogP contribution in [-0.2, 0) is 0 Å². The standard InChI is InChI=1S/C12H26N2.C2H6/c1-5-12(2,3)6-7-14-10-8-13(4)9-11-14;1-2/h5-11H2,1-4H3;1-2H3. The van der Waals surface area contributed by atoms with Gasteiger partial charge in [-0.2, -0.15) is 0 Å². The van der Waals surface area contributed by atoms with Gasteiger partial charge in [-0.15, -0.1) is 0 Å². The van der Waals surface area contributed by atoms with E-state index in [4.69, 9.17) is 0 Å². The fourth-order valence-corrected chi connectivity index (χ4v) is 1.71. The van der Waals surface area contributed by atoms with Crippen LogP contribution in [0.4, 0.5) is 0 Å². The van der Waals surface area contributed by atoms with E-state index in [2.05, 4.69) is 37.6 Å². The first-order chi connectivity index (χ1) is 7.53. The molecule has 0 atom stereocenters. The van der Waals surface area contributed by atoms with Gasteiger partial charge in [0.05, 0.1) is 0 Å². The van der Waals surface area contributed by atoms with Gasteiger partial charge in [0.2, 0.25) is 0 Å². The fraction of sp³-hybridized carbons (Fsp3) is 1.00. The molecule has 98 valence electrons. The number of piperazine rings is 1. The van der Waals surface area contributed by atoms with Crippen molar-refractivity contribution in [2.45, 2.75) is 47.5 Å². The molecule has 0 aromatic carbocycles. The predicted octanol–water partition coefficient (Wildman–Crippen LogP) is 3.09. The Morgan fingerprint density at radius 2 is 1.50 bits per heavy atom. The lowest BCUT2D eigenvalue weighted by molar-refractivity contribution is 0.135. The molecule has 1 fully saturated rings. The van der Waals surface area contributed by atoms with Crippen LogP contribution in [-0.4, -0.2) is 49.6 Å². The molecule has 1 saturated heterocycles. The molecular formula is C14H32N2. The van der Waals surface area contributed by atoms with Gasteiger partial charge in [0.25, 0.3) is 0 Å². The van der Waals surface area contributed by atoms with Crippen LogP contribution in [0.15, 0.2) is 0 Å². The highest BCUT2D eigenvalue weighted by atomic mass is 15.2. The first-order valence-corrected chi connectivity index (χ1v) is 6.94. The largest absolute Gasteiger partial charge is 0.304 e. The SMILES string of the molecule is CC.CCC(C)(C)CCN1CCN(C)CC1. The molecule has 0 radical (unpaired) electrons. The van der Waals surface area contributed by atoms with Crippen molar-refractivity contribution in [1.29, 1.82) is 0 Å². The van der Waals surface area contributed by atoms with Crippen molar-refractivity contribution < 1.29 is 0 Å². The first-order valence-electron chi connectivity index (χ1n) is 6.94. The van der Waals surface area contributed by atoms with Gasteiger partial charge in [-0.05, 0) is 25.4 Å². The van der Waals surface area contributed by atoms with Gasteiger partial charge < -0.3 is 9.80 Å². The fourth-order valence-electron chi connectivity index (χ4n) is 1.71. The molecule has 0 aromatic heterocycles. The normalized spacial score (nSPS) is 19.1. The van der Waals surface area contributed by atoms with E-state index < -0.39 is 0 Å². The molecule has 0 unspecified atom stereocenters. The van der Waals surface area contributed by atoms with Gasteiger partial charge in [-0.1, -0.05) is 41.0 Å². The predicted molar refractivity (Wildman–Crippen MR) is 74.0 cm³/mol. The van der Waals surface area contributed by atoms with Gasteiger partial charge in [0.1, 0.15) is 0 Å². The Labute approximate surface area is 103 Å². The molecule has 1 aliphatic rings. The summed E-state index contributed by atoms with van der Waals surface area (Å²) in [5.41, 5.74) is 0.531. The molecule has 0 spiro atoms. The zero-order valence-electron chi connectivity index (χ0n) is 12.3. The molecule has 2 heteroatoms. The average molecular weight is 228 g/mol. The van der Waals surface area contributed by atoms with Crippen LogP contribution in [0.25, 0.3) is 0 Å². The average Bonchev–Trinajstić information content (AvgIpc) is 2.31. The third-order valence-corrected chi connectivity index (χ3v) is 3.66. The summed E-state index contributed by atoms with van der Waals surface area (Å²) in [6, 6.07) is 0. The van der Waals surface area contributed by atoms with E-state index in [0.717, 1.165) is 0 Å². The van der Waals surface area contributed by atoms with Crippen LogP contribution in [0, 0.1) is 5.41 Å². The Bertz CT molecular complexity index is 158. The van der Waals surface area contributed by atoms with Crippen molar-refractivity contribution >= 4 is 0 Å². The van der Waals surface area contributed by atoms with Crippen LogP contribution >= 0.6 is 0 Å². The second-order valence-corrected chi connectivity index (χ2v) is 5.41. The van der Waals surface area contributed by atoms with E-state index in [0.29, 0.717) is 5.41 Å². The lowest BCUT2D eigenvalue weighted by atomic mass is 9.86. The summed E-state index contributed by atoms with van der Waals surface area (Å²) in [5.74, 6) is 0. The maximum atomic E-state index is 2.61. The summed E-state index contributed by atoms with van der Waals surface area (Å²) < 4.78 is 0. The van der Waals surface area contributed by atoms with E-state index in [1.165, 1.54) is 45.6 Å².